The number of H-pyrrole nitrogens is 1. The van der Waals surface area contributed by atoms with Crippen LogP contribution in [0.5, 0.6) is 17.2 Å². The minimum absolute atomic E-state index is 0.0297. The van der Waals surface area contributed by atoms with E-state index in [0.29, 0.717) is 6.54 Å². The monoisotopic (exact) mass is 470 g/mol. The lowest BCUT2D eigenvalue weighted by Gasteiger charge is -2.15. The van der Waals surface area contributed by atoms with Crippen LogP contribution in [0.3, 0.4) is 0 Å². The number of rotatable bonds is 7. The molecule has 12 heteroatoms. The Morgan fingerprint density at radius 1 is 1.00 bits per heavy atom. The molecule has 1 amide bonds. The van der Waals surface area contributed by atoms with Crippen LogP contribution in [-0.4, -0.2) is 47.3 Å². The summed E-state index contributed by atoms with van der Waals surface area (Å²) in [4.78, 5) is 27.8. The van der Waals surface area contributed by atoms with E-state index in [-0.39, 0.29) is 39.8 Å². The van der Waals surface area contributed by atoms with Gasteiger partial charge >= 0.3 is 6.09 Å². The van der Waals surface area contributed by atoms with Crippen molar-refractivity contribution >= 4 is 23.1 Å². The van der Waals surface area contributed by atoms with Gasteiger partial charge in [-0.3, -0.25) is 10.3 Å². The lowest BCUT2D eigenvalue weighted by atomic mass is 10.0. The van der Waals surface area contributed by atoms with Crippen molar-refractivity contribution in [2.45, 2.75) is 6.54 Å². The fraction of sp³-hybridized carbons (Fsp3) is 0.182. The number of halogens is 2. The second-order valence-corrected chi connectivity index (χ2v) is 6.95. The Balaban J connectivity index is 1.72. The fourth-order valence-corrected chi connectivity index (χ4v) is 3.36. The number of nitrogens with one attached hydrogen (secondary N) is 3. The van der Waals surface area contributed by atoms with Crippen LogP contribution < -0.4 is 24.8 Å². The Kier molecular flexibility index (Phi) is 6.50. The number of hydrogen-bond donors (Lipinski definition) is 3. The number of aromatic nitrogens is 4. The molecule has 0 bridgehead atoms. The molecule has 0 aliphatic heterocycles. The van der Waals surface area contributed by atoms with Crippen molar-refractivity contribution in [3.63, 3.8) is 0 Å². The summed E-state index contributed by atoms with van der Waals surface area (Å²) in [5.41, 5.74) is 0.647. The molecule has 3 N–H and O–H groups in total. The third-order valence-corrected chi connectivity index (χ3v) is 4.85. The van der Waals surface area contributed by atoms with E-state index < -0.39 is 23.3 Å². The molecule has 0 aliphatic rings. The molecule has 2 heterocycles. The Morgan fingerprint density at radius 2 is 1.68 bits per heavy atom. The zero-order chi connectivity index (χ0) is 24.2. The predicted molar refractivity (Wildman–Crippen MR) is 119 cm³/mol. The van der Waals surface area contributed by atoms with Crippen LogP contribution >= 0.6 is 0 Å². The Hall–Kier alpha value is -4.32. The van der Waals surface area contributed by atoms with Crippen LogP contribution in [0.4, 0.5) is 19.5 Å². The predicted octanol–water partition coefficient (Wildman–Crippen LogP) is 3.65. The number of carbonyl (C=O) groups is 1. The first kappa shape index (κ1) is 22.9. The first-order valence-corrected chi connectivity index (χ1v) is 9.98. The largest absolute Gasteiger partial charge is 0.494 e. The number of aromatic amines is 1. The first-order valence-electron chi connectivity index (χ1n) is 9.98. The molecule has 176 valence electrons. The van der Waals surface area contributed by atoms with Gasteiger partial charge in [0.1, 0.15) is 11.0 Å². The van der Waals surface area contributed by atoms with Gasteiger partial charge in [0.15, 0.2) is 28.9 Å². The molecular weight excluding hydrogens is 450 g/mol. The number of carbonyl (C=O) groups excluding carboxylic acids is 1. The maximum Gasteiger partial charge on any atom is 0.419 e. The summed E-state index contributed by atoms with van der Waals surface area (Å²) in [5.74, 6) is -2.07. The molecule has 0 aliphatic carbocycles. The quantitative estimate of drug-likeness (QED) is 0.374. The third-order valence-electron chi connectivity index (χ3n) is 4.85. The number of anilines is 1. The van der Waals surface area contributed by atoms with E-state index in [1.807, 2.05) is 0 Å². The van der Waals surface area contributed by atoms with Crippen molar-refractivity contribution in [3.8, 4) is 28.4 Å². The number of hydrogen-bond acceptors (Lipinski definition) is 8. The molecular formula is C22H20F2N6O4. The molecule has 0 saturated carbocycles. The number of amides is 1. The van der Waals surface area contributed by atoms with E-state index in [1.165, 1.54) is 38.7 Å². The van der Waals surface area contributed by atoms with Gasteiger partial charge in [0, 0.05) is 30.6 Å². The Labute approximate surface area is 192 Å². The minimum atomic E-state index is -0.936. The van der Waals surface area contributed by atoms with Crippen molar-refractivity contribution in [1.29, 1.82) is 0 Å². The molecule has 2 aromatic carbocycles. The topological polar surface area (TPSA) is 123 Å². The highest BCUT2D eigenvalue weighted by atomic mass is 19.1. The third kappa shape index (κ3) is 4.30. The Bertz CT molecular complexity index is 1330. The van der Waals surface area contributed by atoms with E-state index >= 15 is 8.78 Å². The van der Waals surface area contributed by atoms with Crippen molar-refractivity contribution in [2.24, 2.45) is 0 Å². The summed E-state index contributed by atoms with van der Waals surface area (Å²) in [5, 5.41) is 5.42. The lowest BCUT2D eigenvalue weighted by Crippen LogP contribution is -2.18. The second kappa shape index (κ2) is 9.67. The minimum Gasteiger partial charge on any atom is -0.494 e. The molecule has 10 nitrogen and oxygen atoms in total. The SMILES string of the molecule is CNCc1cnc(NC(=O)Oc2ccc(-c3c(F)c(OC)cc(OC)c3F)c3nccnc23)[nH]1. The highest BCUT2D eigenvalue weighted by Gasteiger charge is 2.25. The average Bonchev–Trinajstić information content (AvgIpc) is 3.27. The van der Waals surface area contributed by atoms with Crippen LogP contribution in [0, 0.1) is 11.6 Å². The number of imidazole rings is 1. The molecule has 0 unspecified atom stereocenters. The smallest absolute Gasteiger partial charge is 0.419 e. The second-order valence-electron chi connectivity index (χ2n) is 6.95. The van der Waals surface area contributed by atoms with E-state index in [2.05, 4.69) is 30.6 Å². The summed E-state index contributed by atoms with van der Waals surface area (Å²) < 4.78 is 45.6. The van der Waals surface area contributed by atoms with Gasteiger partial charge in [0.05, 0.1) is 31.7 Å². The van der Waals surface area contributed by atoms with Gasteiger partial charge in [-0.1, -0.05) is 0 Å². The maximum absolute atomic E-state index is 15.1. The van der Waals surface area contributed by atoms with Gasteiger partial charge in [-0.25, -0.2) is 23.5 Å². The van der Waals surface area contributed by atoms with E-state index in [1.54, 1.807) is 13.2 Å². The van der Waals surface area contributed by atoms with Gasteiger partial charge < -0.3 is 24.5 Å². The average molecular weight is 470 g/mol. The van der Waals surface area contributed by atoms with Crippen LogP contribution in [0.15, 0.2) is 36.8 Å². The molecule has 2 aromatic heterocycles. The summed E-state index contributed by atoms with van der Waals surface area (Å²) >= 11 is 0. The zero-order valence-electron chi connectivity index (χ0n) is 18.4. The van der Waals surface area contributed by atoms with Gasteiger partial charge in [0.25, 0.3) is 0 Å². The molecule has 34 heavy (non-hydrogen) atoms. The van der Waals surface area contributed by atoms with Crippen molar-refractivity contribution < 1.29 is 27.8 Å². The highest BCUT2D eigenvalue weighted by molar-refractivity contribution is 5.97. The fourth-order valence-electron chi connectivity index (χ4n) is 3.36. The molecule has 0 atom stereocenters. The van der Waals surface area contributed by atoms with Crippen LogP contribution in [0.1, 0.15) is 5.69 Å². The number of fused-ring (bicyclic) bond motifs is 1. The zero-order valence-corrected chi connectivity index (χ0v) is 18.4. The van der Waals surface area contributed by atoms with Crippen LogP contribution in [0.2, 0.25) is 0 Å². The summed E-state index contributed by atoms with van der Waals surface area (Å²) in [6.45, 7) is 0.535. The summed E-state index contributed by atoms with van der Waals surface area (Å²) in [6, 6.07) is 3.85. The molecule has 4 rings (SSSR count). The van der Waals surface area contributed by atoms with Crippen molar-refractivity contribution in [2.75, 3.05) is 26.6 Å². The van der Waals surface area contributed by atoms with Crippen LogP contribution in [0.25, 0.3) is 22.2 Å². The molecule has 0 spiro atoms. The summed E-state index contributed by atoms with van der Waals surface area (Å²) in [6.07, 6.45) is 3.44. The van der Waals surface area contributed by atoms with E-state index in [4.69, 9.17) is 14.2 Å². The van der Waals surface area contributed by atoms with Gasteiger partial charge in [0.2, 0.25) is 5.95 Å². The molecule has 0 radical (unpaired) electrons. The van der Waals surface area contributed by atoms with Crippen molar-refractivity contribution in [1.82, 2.24) is 25.3 Å². The Morgan fingerprint density at radius 3 is 2.32 bits per heavy atom. The number of ether oxygens (including phenoxy) is 3. The number of methoxy groups -OCH3 is 2. The van der Waals surface area contributed by atoms with Crippen LogP contribution in [-0.2, 0) is 6.54 Å². The van der Waals surface area contributed by atoms with Gasteiger partial charge in [-0.15, -0.1) is 0 Å². The number of benzene rings is 2. The molecule has 0 saturated heterocycles. The number of nitrogens with zero attached hydrogens (tertiary/aromatic N) is 3. The molecule has 0 fully saturated rings. The standard InChI is InChI=1S/C22H20F2N6O4/c1-25-9-11-10-28-21(29-11)30-22(31)34-13-5-4-12(19-20(13)27-7-6-26-19)16-17(23)14(32-2)8-15(33-3)18(16)24/h4-8,10,25H,9H2,1-3H3,(H2,28,29,30,31). The normalized spacial score (nSPS) is 10.9. The maximum atomic E-state index is 15.1. The van der Waals surface area contributed by atoms with Gasteiger partial charge in [-0.2, -0.15) is 0 Å². The van der Waals surface area contributed by atoms with E-state index in [9.17, 15) is 4.79 Å². The van der Waals surface area contributed by atoms with Gasteiger partial charge in [-0.05, 0) is 19.2 Å². The summed E-state index contributed by atoms with van der Waals surface area (Å²) in [7, 11) is 4.29. The molecule has 4 aromatic rings. The van der Waals surface area contributed by atoms with E-state index in [0.717, 1.165) is 11.8 Å². The highest BCUT2D eigenvalue weighted by Crippen LogP contribution is 2.41. The first-order chi connectivity index (χ1) is 16.5. The van der Waals surface area contributed by atoms with Crippen molar-refractivity contribution in [3.05, 3.63) is 54.1 Å². The lowest BCUT2D eigenvalue weighted by molar-refractivity contribution is 0.215.